The molecule has 0 aliphatic rings. The molecule has 2 aromatic heterocycles. The zero-order chi connectivity index (χ0) is 12.6. The van der Waals surface area contributed by atoms with Crippen molar-refractivity contribution in [1.29, 1.82) is 0 Å². The van der Waals surface area contributed by atoms with Crippen LogP contribution in [0.1, 0.15) is 10.5 Å². The summed E-state index contributed by atoms with van der Waals surface area (Å²) >= 11 is 8.83. The molecule has 88 valence electrons. The minimum atomic E-state index is -1.26. The smallest absolute Gasteiger partial charge is 0.356 e. The van der Waals surface area contributed by atoms with Gasteiger partial charge in [-0.3, -0.25) is 0 Å². The molecule has 0 fully saturated rings. The topological polar surface area (TPSA) is 102 Å². The van der Waals surface area contributed by atoms with Crippen molar-refractivity contribution in [1.82, 2.24) is 10.1 Å². The molecule has 0 aromatic carbocycles. The van der Waals surface area contributed by atoms with Crippen LogP contribution in [-0.2, 0) is 0 Å². The molecule has 2 aromatic rings. The number of nitrogens with two attached hydrogens (primary N) is 1. The van der Waals surface area contributed by atoms with Crippen molar-refractivity contribution in [2.75, 3.05) is 5.73 Å². The van der Waals surface area contributed by atoms with E-state index in [0.29, 0.717) is 10.4 Å². The molecule has 2 heterocycles. The maximum Gasteiger partial charge on any atom is 0.356 e. The van der Waals surface area contributed by atoms with Crippen LogP contribution in [0.4, 0.5) is 5.69 Å². The first-order chi connectivity index (χ1) is 7.99. The number of nitrogen functional groups attached to an aromatic ring is 1. The van der Waals surface area contributed by atoms with Gasteiger partial charge in [0.2, 0.25) is 0 Å². The van der Waals surface area contributed by atoms with Gasteiger partial charge in [0, 0.05) is 6.07 Å². The predicted molar refractivity (Wildman–Crippen MR) is 63.8 cm³/mol. The monoisotopic (exact) mass is 317 g/mol. The van der Waals surface area contributed by atoms with Crippen LogP contribution in [0, 0.1) is 0 Å². The Morgan fingerprint density at radius 3 is 2.76 bits per heavy atom. The summed E-state index contributed by atoms with van der Waals surface area (Å²) in [5, 5.41) is 12.4. The van der Waals surface area contributed by atoms with Crippen LogP contribution in [0.25, 0.3) is 11.5 Å². The molecule has 8 heteroatoms. The van der Waals surface area contributed by atoms with E-state index < -0.39 is 5.97 Å². The number of pyridine rings is 1. The van der Waals surface area contributed by atoms with Crippen molar-refractivity contribution in [3.05, 3.63) is 27.5 Å². The molecule has 6 nitrogen and oxygen atoms in total. The number of hydrogen-bond donors (Lipinski definition) is 2. The highest BCUT2D eigenvalue weighted by Gasteiger charge is 2.17. The largest absolute Gasteiger partial charge is 0.476 e. The van der Waals surface area contributed by atoms with Crippen LogP contribution >= 0.6 is 27.5 Å². The number of hydrogen-bond acceptors (Lipinski definition) is 5. The SMILES string of the molecule is Nc1cc(-c2cc(Br)no2)nc(C(=O)O)c1Cl. The quantitative estimate of drug-likeness (QED) is 0.881. The van der Waals surface area contributed by atoms with E-state index in [2.05, 4.69) is 26.1 Å². The predicted octanol–water partition coefficient (Wildman–Crippen LogP) is 2.43. The molecule has 0 aliphatic heterocycles. The molecule has 3 N–H and O–H groups in total. The molecule has 17 heavy (non-hydrogen) atoms. The minimum Gasteiger partial charge on any atom is -0.476 e. The Morgan fingerprint density at radius 2 is 2.24 bits per heavy atom. The van der Waals surface area contributed by atoms with Crippen molar-refractivity contribution in [3.8, 4) is 11.5 Å². The molecule has 0 bridgehead atoms. The fourth-order valence-electron chi connectivity index (χ4n) is 1.19. The molecule has 0 spiro atoms. The van der Waals surface area contributed by atoms with Crippen molar-refractivity contribution >= 4 is 39.2 Å². The fraction of sp³-hybridized carbons (Fsp3) is 0. The number of aromatic nitrogens is 2. The number of halogens is 2. The molecular formula is C9H5BrClN3O3. The molecule has 0 unspecified atom stereocenters. The third kappa shape index (κ3) is 2.25. The second-order valence-electron chi connectivity index (χ2n) is 3.08. The lowest BCUT2D eigenvalue weighted by Crippen LogP contribution is -2.05. The van der Waals surface area contributed by atoms with Crippen LogP contribution < -0.4 is 5.73 Å². The molecule has 0 aliphatic carbocycles. The van der Waals surface area contributed by atoms with Gasteiger partial charge in [-0.25, -0.2) is 9.78 Å². The zero-order valence-corrected chi connectivity index (χ0v) is 10.5. The molecule has 0 saturated heterocycles. The van der Waals surface area contributed by atoms with Crippen molar-refractivity contribution < 1.29 is 14.4 Å². The Kier molecular flexibility index (Phi) is 3.03. The second kappa shape index (κ2) is 4.34. The Balaban J connectivity index is 2.60. The van der Waals surface area contributed by atoms with E-state index in [9.17, 15) is 4.79 Å². The molecule has 0 atom stereocenters. The van der Waals surface area contributed by atoms with Gasteiger partial charge < -0.3 is 15.4 Å². The van der Waals surface area contributed by atoms with E-state index >= 15 is 0 Å². The van der Waals surface area contributed by atoms with Crippen molar-refractivity contribution in [2.45, 2.75) is 0 Å². The van der Waals surface area contributed by atoms with Gasteiger partial charge in [-0.1, -0.05) is 16.8 Å². The number of rotatable bonds is 2. The van der Waals surface area contributed by atoms with Crippen LogP contribution in [0.15, 0.2) is 21.3 Å². The number of carboxylic acid groups (broad SMARTS) is 1. The fourth-order valence-corrected chi connectivity index (χ4v) is 1.65. The number of anilines is 1. The lowest BCUT2D eigenvalue weighted by molar-refractivity contribution is 0.0691. The molecule has 0 amide bonds. The first-order valence-corrected chi connectivity index (χ1v) is 5.48. The standard InChI is InChI=1S/C9H5BrClN3O3/c10-6-2-5(17-14-6)4-1-3(12)7(11)8(13-4)9(15)16/h1-2H,(H2,12,13)(H,15,16). The Bertz CT molecular complexity index is 599. The van der Waals surface area contributed by atoms with Gasteiger partial charge in [0.1, 0.15) is 10.3 Å². The van der Waals surface area contributed by atoms with Gasteiger partial charge in [-0.15, -0.1) is 0 Å². The van der Waals surface area contributed by atoms with Gasteiger partial charge in [-0.05, 0) is 22.0 Å². The van der Waals surface area contributed by atoms with E-state index in [4.69, 9.17) is 27.0 Å². The van der Waals surface area contributed by atoms with Crippen LogP contribution in [-0.4, -0.2) is 21.2 Å². The highest BCUT2D eigenvalue weighted by molar-refractivity contribution is 9.10. The Morgan fingerprint density at radius 1 is 1.53 bits per heavy atom. The lowest BCUT2D eigenvalue weighted by Gasteiger charge is -2.04. The maximum atomic E-state index is 10.9. The van der Waals surface area contributed by atoms with Gasteiger partial charge in [-0.2, -0.15) is 0 Å². The first kappa shape index (κ1) is 11.9. The normalized spacial score (nSPS) is 10.5. The van der Waals surface area contributed by atoms with E-state index in [1.54, 1.807) is 6.07 Å². The first-order valence-electron chi connectivity index (χ1n) is 4.31. The summed E-state index contributed by atoms with van der Waals surface area (Å²) in [7, 11) is 0. The van der Waals surface area contributed by atoms with Gasteiger partial charge in [0.25, 0.3) is 0 Å². The molecule has 2 rings (SSSR count). The molecule has 0 saturated carbocycles. The maximum absolute atomic E-state index is 10.9. The molecule has 0 radical (unpaired) electrons. The lowest BCUT2D eigenvalue weighted by atomic mass is 10.2. The van der Waals surface area contributed by atoms with Gasteiger partial charge in [0.05, 0.1) is 10.7 Å². The highest BCUT2D eigenvalue weighted by Crippen LogP contribution is 2.29. The van der Waals surface area contributed by atoms with Gasteiger partial charge in [0.15, 0.2) is 11.5 Å². The van der Waals surface area contributed by atoms with E-state index in [0.717, 1.165) is 0 Å². The van der Waals surface area contributed by atoms with Crippen LogP contribution in [0.3, 0.4) is 0 Å². The summed E-state index contributed by atoms with van der Waals surface area (Å²) in [6.45, 7) is 0. The highest BCUT2D eigenvalue weighted by atomic mass is 79.9. The Labute approximate surface area is 109 Å². The summed E-state index contributed by atoms with van der Waals surface area (Å²) < 4.78 is 5.40. The summed E-state index contributed by atoms with van der Waals surface area (Å²) in [5.74, 6) is -0.968. The summed E-state index contributed by atoms with van der Waals surface area (Å²) in [6.07, 6.45) is 0. The van der Waals surface area contributed by atoms with Crippen molar-refractivity contribution in [3.63, 3.8) is 0 Å². The summed E-state index contributed by atoms with van der Waals surface area (Å²) in [4.78, 5) is 14.8. The van der Waals surface area contributed by atoms with E-state index in [-0.39, 0.29) is 22.1 Å². The summed E-state index contributed by atoms with van der Waals surface area (Å²) in [5.41, 5.74) is 5.63. The molecular weight excluding hydrogens is 313 g/mol. The zero-order valence-electron chi connectivity index (χ0n) is 8.15. The summed E-state index contributed by atoms with van der Waals surface area (Å²) in [6, 6.07) is 2.96. The van der Waals surface area contributed by atoms with Crippen LogP contribution in [0.2, 0.25) is 5.02 Å². The number of nitrogens with zero attached hydrogens (tertiary/aromatic N) is 2. The third-order valence-electron chi connectivity index (χ3n) is 1.92. The number of carbonyl (C=O) groups is 1. The average molecular weight is 319 g/mol. The minimum absolute atomic E-state index is 0.0974. The number of carboxylic acids is 1. The van der Waals surface area contributed by atoms with Crippen LogP contribution in [0.5, 0.6) is 0 Å². The van der Waals surface area contributed by atoms with Crippen molar-refractivity contribution in [2.24, 2.45) is 0 Å². The van der Waals surface area contributed by atoms with E-state index in [1.165, 1.54) is 6.07 Å². The Hall–Kier alpha value is -1.60. The number of aromatic carboxylic acids is 1. The van der Waals surface area contributed by atoms with Gasteiger partial charge >= 0.3 is 5.97 Å². The second-order valence-corrected chi connectivity index (χ2v) is 4.27. The average Bonchev–Trinajstić information content (AvgIpc) is 2.68. The third-order valence-corrected chi connectivity index (χ3v) is 2.69. The van der Waals surface area contributed by atoms with E-state index in [1.807, 2.05) is 0 Å².